The first-order valence-electron chi connectivity index (χ1n) is 10.0. The van der Waals surface area contributed by atoms with Gasteiger partial charge in [-0.2, -0.15) is 0 Å². The quantitative estimate of drug-likeness (QED) is 0.500. The van der Waals surface area contributed by atoms with Crippen molar-refractivity contribution in [2.75, 3.05) is 19.8 Å². The smallest absolute Gasteiger partial charge is 0.344 e. The molecular weight excluding hydrogens is 370 g/mol. The average Bonchev–Trinajstić information content (AvgIpc) is 3.27. The van der Waals surface area contributed by atoms with Crippen LogP contribution in [0.4, 0.5) is 0 Å². The minimum absolute atomic E-state index is 0.197. The van der Waals surface area contributed by atoms with Crippen LogP contribution in [0.2, 0.25) is 0 Å². The molecule has 1 aromatic heterocycles. The van der Waals surface area contributed by atoms with E-state index in [-0.39, 0.29) is 25.1 Å². The topological polar surface area (TPSA) is 66.8 Å². The van der Waals surface area contributed by atoms with Crippen LogP contribution in [0.15, 0.2) is 24.3 Å². The van der Waals surface area contributed by atoms with Crippen molar-refractivity contribution in [1.82, 2.24) is 4.57 Å². The number of ether oxygens (including phenoxy) is 3. The molecule has 1 fully saturated rings. The van der Waals surface area contributed by atoms with E-state index < -0.39 is 5.97 Å². The van der Waals surface area contributed by atoms with Crippen LogP contribution in [-0.2, 0) is 20.8 Å². The van der Waals surface area contributed by atoms with Gasteiger partial charge >= 0.3 is 5.97 Å². The molecule has 0 aliphatic carbocycles. The Kier molecular flexibility index (Phi) is 6.75. The number of hydrogen-bond acceptors (Lipinski definition) is 5. The Morgan fingerprint density at radius 1 is 1.07 bits per heavy atom. The lowest BCUT2D eigenvalue weighted by Crippen LogP contribution is -2.20. The average molecular weight is 399 g/mol. The van der Waals surface area contributed by atoms with Gasteiger partial charge in [0.1, 0.15) is 5.75 Å². The lowest BCUT2D eigenvalue weighted by atomic mass is 10.1. The zero-order chi connectivity index (χ0) is 21.0. The van der Waals surface area contributed by atoms with Gasteiger partial charge in [0.25, 0.3) is 0 Å². The van der Waals surface area contributed by atoms with Gasteiger partial charge in [-0.3, -0.25) is 4.79 Å². The summed E-state index contributed by atoms with van der Waals surface area (Å²) in [6, 6.07) is 7.59. The maximum absolute atomic E-state index is 12.6. The molecule has 0 bridgehead atoms. The van der Waals surface area contributed by atoms with Gasteiger partial charge in [0, 0.05) is 30.1 Å². The largest absolute Gasteiger partial charge is 0.482 e. The van der Waals surface area contributed by atoms with Crippen molar-refractivity contribution in [1.29, 1.82) is 0 Å². The van der Waals surface area contributed by atoms with Gasteiger partial charge in [0.05, 0.1) is 6.10 Å². The Labute approximate surface area is 171 Å². The molecule has 3 rings (SSSR count). The molecule has 0 unspecified atom stereocenters. The summed E-state index contributed by atoms with van der Waals surface area (Å²) >= 11 is 0. The fourth-order valence-electron chi connectivity index (χ4n) is 3.78. The summed E-state index contributed by atoms with van der Waals surface area (Å²) in [5.41, 5.74) is 4.59. The normalized spacial score (nSPS) is 16.1. The Balaban J connectivity index is 1.52. The third-order valence-corrected chi connectivity index (χ3v) is 5.20. The molecule has 156 valence electrons. The number of aryl methyl sites for hydroxylation is 3. The Morgan fingerprint density at radius 3 is 2.45 bits per heavy atom. The monoisotopic (exact) mass is 399 g/mol. The number of rotatable bonds is 8. The van der Waals surface area contributed by atoms with Crippen molar-refractivity contribution in [2.45, 2.75) is 53.2 Å². The lowest BCUT2D eigenvalue weighted by molar-refractivity contribution is -0.144. The Bertz CT molecular complexity index is 873. The molecule has 1 aliphatic heterocycles. The van der Waals surface area contributed by atoms with Crippen LogP contribution in [-0.4, -0.2) is 42.2 Å². The molecule has 6 nitrogen and oxygen atoms in total. The van der Waals surface area contributed by atoms with Crippen LogP contribution in [0.1, 0.15) is 45.7 Å². The van der Waals surface area contributed by atoms with E-state index in [0.717, 1.165) is 48.5 Å². The standard InChI is InChI=1S/C23H29NO5/c1-15-8-16(2)10-20(9-15)28-14-23(26)29-13-22(25)21-11-17(3)24(18(21)4)12-19-6-5-7-27-19/h8-11,19H,5-7,12-14H2,1-4H3/t19-/m1/s1. The number of carbonyl (C=O) groups is 2. The summed E-state index contributed by atoms with van der Waals surface area (Å²) in [5, 5.41) is 0. The van der Waals surface area contributed by atoms with E-state index in [4.69, 9.17) is 14.2 Å². The highest BCUT2D eigenvalue weighted by Crippen LogP contribution is 2.21. The number of ketones is 1. The molecule has 1 aliphatic rings. The van der Waals surface area contributed by atoms with Gasteiger partial charge in [0.2, 0.25) is 5.78 Å². The maximum atomic E-state index is 12.6. The first-order valence-corrected chi connectivity index (χ1v) is 10.0. The van der Waals surface area contributed by atoms with Crippen LogP contribution < -0.4 is 4.74 Å². The summed E-state index contributed by atoms with van der Waals surface area (Å²) in [7, 11) is 0. The molecule has 2 heterocycles. The minimum atomic E-state index is -0.564. The molecule has 1 aromatic carbocycles. The third-order valence-electron chi connectivity index (χ3n) is 5.20. The minimum Gasteiger partial charge on any atom is -0.482 e. The van der Waals surface area contributed by atoms with E-state index in [1.54, 1.807) is 0 Å². The van der Waals surface area contributed by atoms with Crippen molar-refractivity contribution in [3.63, 3.8) is 0 Å². The van der Waals surface area contributed by atoms with Gasteiger partial charge in [-0.25, -0.2) is 4.79 Å². The zero-order valence-electron chi connectivity index (χ0n) is 17.6. The van der Waals surface area contributed by atoms with Crippen molar-refractivity contribution in [3.8, 4) is 5.75 Å². The second-order valence-electron chi connectivity index (χ2n) is 7.73. The Hall–Kier alpha value is -2.60. The second-order valence-corrected chi connectivity index (χ2v) is 7.73. The Morgan fingerprint density at radius 2 is 1.79 bits per heavy atom. The van der Waals surface area contributed by atoms with Gasteiger partial charge in [-0.05, 0) is 69.9 Å². The SMILES string of the molecule is Cc1cc(C)cc(OCC(=O)OCC(=O)c2cc(C)n(C[C@H]3CCCO3)c2C)c1. The van der Waals surface area contributed by atoms with Crippen molar-refractivity contribution >= 4 is 11.8 Å². The van der Waals surface area contributed by atoms with E-state index in [0.29, 0.717) is 11.3 Å². The predicted octanol–water partition coefficient (Wildman–Crippen LogP) is 3.71. The molecule has 0 N–H and O–H groups in total. The van der Waals surface area contributed by atoms with E-state index in [2.05, 4.69) is 4.57 Å². The van der Waals surface area contributed by atoms with E-state index in [1.807, 2.05) is 52.0 Å². The van der Waals surface area contributed by atoms with Crippen LogP contribution in [0, 0.1) is 27.7 Å². The van der Waals surface area contributed by atoms with Crippen LogP contribution in [0.5, 0.6) is 5.75 Å². The second kappa shape index (κ2) is 9.27. The zero-order valence-corrected chi connectivity index (χ0v) is 17.6. The lowest BCUT2D eigenvalue weighted by Gasteiger charge is -2.14. The number of aromatic nitrogens is 1. The molecule has 29 heavy (non-hydrogen) atoms. The molecule has 1 atom stereocenters. The number of nitrogens with zero attached hydrogens (tertiary/aromatic N) is 1. The molecule has 1 saturated heterocycles. The highest BCUT2D eigenvalue weighted by Gasteiger charge is 2.21. The van der Waals surface area contributed by atoms with Gasteiger partial charge in [-0.1, -0.05) is 6.07 Å². The van der Waals surface area contributed by atoms with Crippen LogP contribution in [0.3, 0.4) is 0 Å². The summed E-state index contributed by atoms with van der Waals surface area (Å²) in [5.74, 6) is -0.162. The van der Waals surface area contributed by atoms with Crippen molar-refractivity contribution in [3.05, 3.63) is 52.3 Å². The first kappa shape index (κ1) is 21.1. The first-order chi connectivity index (χ1) is 13.8. The molecule has 0 saturated carbocycles. The van der Waals surface area contributed by atoms with E-state index >= 15 is 0 Å². The fourth-order valence-corrected chi connectivity index (χ4v) is 3.78. The highest BCUT2D eigenvalue weighted by atomic mass is 16.6. The highest BCUT2D eigenvalue weighted by molar-refractivity contribution is 5.99. The van der Waals surface area contributed by atoms with E-state index in [1.165, 1.54) is 0 Å². The molecule has 6 heteroatoms. The summed E-state index contributed by atoms with van der Waals surface area (Å²) in [4.78, 5) is 24.6. The third kappa shape index (κ3) is 5.48. The van der Waals surface area contributed by atoms with E-state index in [9.17, 15) is 9.59 Å². The van der Waals surface area contributed by atoms with Gasteiger partial charge in [0.15, 0.2) is 13.2 Å². The molecule has 0 radical (unpaired) electrons. The number of carbonyl (C=O) groups excluding carboxylic acids is 2. The maximum Gasteiger partial charge on any atom is 0.344 e. The molecule has 2 aromatic rings. The summed E-state index contributed by atoms with van der Waals surface area (Å²) < 4.78 is 18.4. The van der Waals surface area contributed by atoms with Crippen molar-refractivity contribution < 1.29 is 23.8 Å². The van der Waals surface area contributed by atoms with Gasteiger partial charge in [-0.15, -0.1) is 0 Å². The summed E-state index contributed by atoms with van der Waals surface area (Å²) in [6.07, 6.45) is 2.32. The van der Waals surface area contributed by atoms with Crippen LogP contribution in [0.25, 0.3) is 0 Å². The van der Waals surface area contributed by atoms with Crippen molar-refractivity contribution in [2.24, 2.45) is 0 Å². The number of Topliss-reactive ketones (excluding diaryl/α,β-unsaturated/α-hetero) is 1. The predicted molar refractivity (Wildman–Crippen MR) is 110 cm³/mol. The summed E-state index contributed by atoms with van der Waals surface area (Å²) in [6.45, 7) is 8.85. The number of hydrogen-bond donors (Lipinski definition) is 0. The number of benzene rings is 1. The molecular formula is C23H29NO5. The molecule has 0 spiro atoms. The number of esters is 1. The van der Waals surface area contributed by atoms with Crippen LogP contribution >= 0.6 is 0 Å². The fraction of sp³-hybridized carbons (Fsp3) is 0.478. The van der Waals surface area contributed by atoms with Gasteiger partial charge < -0.3 is 18.8 Å². The molecule has 0 amide bonds.